The maximum absolute atomic E-state index is 13.1. The maximum atomic E-state index is 13.1. The van der Waals surface area contributed by atoms with Crippen molar-refractivity contribution in [2.45, 2.75) is 6.54 Å². The molecule has 3 rings (SSSR count). The number of fused-ring (bicyclic) bond motifs is 1. The molecule has 0 atom stereocenters. The molecule has 0 heterocycles. The van der Waals surface area contributed by atoms with Gasteiger partial charge in [0.25, 0.3) is 5.91 Å². The van der Waals surface area contributed by atoms with Crippen molar-refractivity contribution in [3.8, 4) is 5.75 Å². The van der Waals surface area contributed by atoms with Crippen molar-refractivity contribution in [3.05, 3.63) is 77.6 Å². The molecule has 0 fully saturated rings. The van der Waals surface area contributed by atoms with Gasteiger partial charge in [-0.1, -0.05) is 24.3 Å². The van der Waals surface area contributed by atoms with Crippen LogP contribution in [0, 0.1) is 5.82 Å². The highest BCUT2D eigenvalue weighted by Gasteiger charge is 2.09. The molecule has 0 aromatic heterocycles. The van der Waals surface area contributed by atoms with E-state index in [0.717, 1.165) is 28.2 Å². The van der Waals surface area contributed by atoms with Crippen LogP contribution >= 0.6 is 0 Å². The molecule has 0 aliphatic carbocycles. The van der Waals surface area contributed by atoms with E-state index in [1.54, 1.807) is 7.11 Å². The zero-order valence-corrected chi connectivity index (χ0v) is 14.8. The largest absolute Gasteiger partial charge is 0.497 e. The van der Waals surface area contributed by atoms with E-state index in [2.05, 4.69) is 10.6 Å². The van der Waals surface area contributed by atoms with Gasteiger partial charge in [0.15, 0.2) is 0 Å². The summed E-state index contributed by atoms with van der Waals surface area (Å²) < 4.78 is 18.3. The van der Waals surface area contributed by atoms with Gasteiger partial charge < -0.3 is 15.4 Å². The number of hydrogen-bond acceptors (Lipinski definition) is 3. The van der Waals surface area contributed by atoms with Crippen LogP contribution in [0.5, 0.6) is 5.75 Å². The highest BCUT2D eigenvalue weighted by Crippen LogP contribution is 2.21. The fourth-order valence-corrected chi connectivity index (χ4v) is 2.67. The lowest BCUT2D eigenvalue weighted by atomic mass is 10.1. The molecule has 6 heteroatoms. The first-order valence-corrected chi connectivity index (χ1v) is 8.42. The Balaban J connectivity index is 1.53. The van der Waals surface area contributed by atoms with Crippen LogP contribution in [0.15, 0.2) is 60.7 Å². The third-order valence-corrected chi connectivity index (χ3v) is 4.10. The molecule has 3 aromatic carbocycles. The van der Waals surface area contributed by atoms with Crippen LogP contribution in [0.25, 0.3) is 10.8 Å². The molecular formula is C21H19FN2O3. The molecule has 0 aliphatic heterocycles. The summed E-state index contributed by atoms with van der Waals surface area (Å²) in [6, 6.07) is 17.0. The third-order valence-electron chi connectivity index (χ3n) is 4.10. The van der Waals surface area contributed by atoms with Crippen molar-refractivity contribution in [2.75, 3.05) is 13.7 Å². The predicted octanol–water partition coefficient (Wildman–Crippen LogP) is 3.03. The molecule has 27 heavy (non-hydrogen) atoms. The predicted molar refractivity (Wildman–Crippen MR) is 101 cm³/mol. The van der Waals surface area contributed by atoms with Gasteiger partial charge in [-0.15, -0.1) is 0 Å². The number of carbonyl (C=O) groups is 2. The molecular weight excluding hydrogens is 347 g/mol. The third kappa shape index (κ3) is 4.82. The van der Waals surface area contributed by atoms with Crippen LogP contribution in [0.2, 0.25) is 0 Å². The Morgan fingerprint density at radius 1 is 0.963 bits per heavy atom. The van der Waals surface area contributed by atoms with Gasteiger partial charge in [-0.05, 0) is 52.7 Å². The Hall–Kier alpha value is -3.41. The fourth-order valence-electron chi connectivity index (χ4n) is 2.67. The molecule has 0 saturated heterocycles. The second kappa shape index (κ2) is 8.31. The van der Waals surface area contributed by atoms with E-state index in [0.29, 0.717) is 6.54 Å². The van der Waals surface area contributed by atoms with E-state index < -0.39 is 11.7 Å². The van der Waals surface area contributed by atoms with E-state index in [1.165, 1.54) is 18.2 Å². The second-order valence-electron chi connectivity index (χ2n) is 6.02. The summed E-state index contributed by atoms with van der Waals surface area (Å²) >= 11 is 0. The molecule has 0 spiro atoms. The Morgan fingerprint density at radius 2 is 1.74 bits per heavy atom. The summed E-state index contributed by atoms with van der Waals surface area (Å²) in [6.07, 6.45) is 0. The number of benzene rings is 3. The summed E-state index contributed by atoms with van der Waals surface area (Å²) in [5.41, 5.74) is 1.12. The fraction of sp³-hybridized carbons (Fsp3) is 0.143. The molecule has 2 amide bonds. The number of nitrogens with one attached hydrogen (secondary N) is 2. The van der Waals surface area contributed by atoms with E-state index >= 15 is 0 Å². The number of hydrogen-bond donors (Lipinski definition) is 2. The van der Waals surface area contributed by atoms with Crippen molar-refractivity contribution in [2.24, 2.45) is 0 Å². The van der Waals surface area contributed by atoms with Crippen molar-refractivity contribution in [3.63, 3.8) is 0 Å². The summed E-state index contributed by atoms with van der Waals surface area (Å²) in [5.74, 6) is -0.530. The molecule has 0 unspecified atom stereocenters. The highest BCUT2D eigenvalue weighted by atomic mass is 19.1. The standard InChI is InChI=1S/C21H19FN2O3/c1-27-19-8-7-15-9-14(5-6-16(15)11-19)12-23-20(25)13-24-21(26)17-3-2-4-18(22)10-17/h2-11H,12-13H2,1H3,(H,23,25)(H,24,26). The van der Waals surface area contributed by atoms with Crippen LogP contribution in [0.1, 0.15) is 15.9 Å². The highest BCUT2D eigenvalue weighted by molar-refractivity contribution is 5.96. The van der Waals surface area contributed by atoms with Crippen molar-refractivity contribution >= 4 is 22.6 Å². The molecule has 138 valence electrons. The molecule has 2 N–H and O–H groups in total. The average Bonchev–Trinajstić information content (AvgIpc) is 2.69. The first kappa shape index (κ1) is 18.4. The molecule has 0 radical (unpaired) electrons. The van der Waals surface area contributed by atoms with Crippen LogP contribution < -0.4 is 15.4 Å². The number of carbonyl (C=O) groups excluding carboxylic acids is 2. The van der Waals surface area contributed by atoms with Gasteiger partial charge in [0.2, 0.25) is 5.91 Å². The second-order valence-corrected chi connectivity index (χ2v) is 6.02. The number of rotatable bonds is 6. The number of halogens is 1. The molecule has 5 nitrogen and oxygen atoms in total. The van der Waals surface area contributed by atoms with Crippen LogP contribution in [0.4, 0.5) is 4.39 Å². The van der Waals surface area contributed by atoms with Gasteiger partial charge in [0.1, 0.15) is 11.6 Å². The minimum atomic E-state index is -0.499. The first-order chi connectivity index (χ1) is 13.0. The molecule has 0 aliphatic rings. The monoisotopic (exact) mass is 366 g/mol. The van der Waals surface area contributed by atoms with Gasteiger partial charge in [-0.3, -0.25) is 9.59 Å². The van der Waals surface area contributed by atoms with Gasteiger partial charge >= 0.3 is 0 Å². The minimum Gasteiger partial charge on any atom is -0.497 e. The Morgan fingerprint density at radius 3 is 2.52 bits per heavy atom. The van der Waals surface area contributed by atoms with Crippen molar-refractivity contribution in [1.82, 2.24) is 10.6 Å². The number of ether oxygens (including phenoxy) is 1. The average molecular weight is 366 g/mol. The Bertz CT molecular complexity index is 988. The normalized spacial score (nSPS) is 10.4. The molecule has 3 aromatic rings. The maximum Gasteiger partial charge on any atom is 0.251 e. The smallest absolute Gasteiger partial charge is 0.251 e. The van der Waals surface area contributed by atoms with Crippen molar-refractivity contribution in [1.29, 1.82) is 0 Å². The quantitative estimate of drug-likeness (QED) is 0.705. The topological polar surface area (TPSA) is 67.4 Å². The van der Waals surface area contributed by atoms with Gasteiger partial charge in [-0.2, -0.15) is 0 Å². The Kier molecular flexibility index (Phi) is 5.66. The van der Waals surface area contributed by atoms with Gasteiger partial charge in [-0.25, -0.2) is 4.39 Å². The Labute approximate surface area is 156 Å². The number of methoxy groups -OCH3 is 1. The zero-order chi connectivity index (χ0) is 19.2. The van der Waals surface area contributed by atoms with E-state index in [4.69, 9.17) is 4.74 Å². The van der Waals surface area contributed by atoms with Crippen LogP contribution in [-0.4, -0.2) is 25.5 Å². The number of amides is 2. The van der Waals surface area contributed by atoms with E-state index in [9.17, 15) is 14.0 Å². The van der Waals surface area contributed by atoms with Gasteiger partial charge in [0, 0.05) is 12.1 Å². The summed E-state index contributed by atoms with van der Waals surface area (Å²) in [7, 11) is 1.62. The van der Waals surface area contributed by atoms with Crippen LogP contribution in [-0.2, 0) is 11.3 Å². The molecule has 0 bridgehead atoms. The van der Waals surface area contributed by atoms with Gasteiger partial charge in [0.05, 0.1) is 13.7 Å². The SMILES string of the molecule is COc1ccc2cc(CNC(=O)CNC(=O)c3cccc(F)c3)ccc2c1. The lowest BCUT2D eigenvalue weighted by Crippen LogP contribution is -2.36. The summed E-state index contributed by atoms with van der Waals surface area (Å²) in [6.45, 7) is 0.163. The lowest BCUT2D eigenvalue weighted by molar-refractivity contribution is -0.120. The van der Waals surface area contributed by atoms with E-state index in [-0.39, 0.29) is 18.0 Å². The lowest BCUT2D eigenvalue weighted by Gasteiger charge is -2.09. The van der Waals surface area contributed by atoms with Crippen LogP contribution in [0.3, 0.4) is 0 Å². The zero-order valence-electron chi connectivity index (χ0n) is 14.8. The first-order valence-electron chi connectivity index (χ1n) is 8.42. The van der Waals surface area contributed by atoms with E-state index in [1.807, 2.05) is 36.4 Å². The van der Waals surface area contributed by atoms with Crippen molar-refractivity contribution < 1.29 is 18.7 Å². The molecule has 0 saturated carbocycles. The summed E-state index contributed by atoms with van der Waals surface area (Å²) in [4.78, 5) is 23.9. The minimum absolute atomic E-state index is 0.174. The summed E-state index contributed by atoms with van der Waals surface area (Å²) in [5, 5.41) is 7.32.